The third-order valence-corrected chi connectivity index (χ3v) is 7.16. The Balaban J connectivity index is 1.48. The van der Waals surface area contributed by atoms with Crippen molar-refractivity contribution in [2.45, 2.75) is 50.4 Å². The number of hydrogen-bond acceptors (Lipinski definition) is 7. The second kappa shape index (κ2) is 12.7. The fourth-order valence-corrected chi connectivity index (χ4v) is 5.17. The van der Waals surface area contributed by atoms with E-state index >= 15 is 0 Å². The Kier molecular flexibility index (Phi) is 9.71. The number of likely N-dealkylation sites (tertiary alicyclic amines) is 1. The number of carbonyl (C=O) groups excluding carboxylic acids is 2. The monoisotopic (exact) mass is 502 g/mol. The van der Waals surface area contributed by atoms with Crippen LogP contribution in [0.5, 0.6) is 11.5 Å². The zero-order valence-corrected chi connectivity index (χ0v) is 21.1. The van der Waals surface area contributed by atoms with Gasteiger partial charge in [-0.25, -0.2) is 0 Å². The first kappa shape index (κ1) is 26.7. The molecule has 0 spiro atoms. The van der Waals surface area contributed by atoms with Crippen LogP contribution in [0.15, 0.2) is 42.3 Å². The molecule has 3 atom stereocenters. The van der Waals surface area contributed by atoms with E-state index in [0.717, 1.165) is 40.3 Å². The highest BCUT2D eigenvalue weighted by Crippen LogP contribution is 2.26. The van der Waals surface area contributed by atoms with Crippen LogP contribution >= 0.6 is 11.3 Å². The number of aliphatic hydroxyl groups is 2. The van der Waals surface area contributed by atoms with E-state index in [9.17, 15) is 19.8 Å². The predicted octanol–water partition coefficient (Wildman–Crippen LogP) is 2.30. The molecule has 0 aliphatic carbocycles. The van der Waals surface area contributed by atoms with Gasteiger partial charge in [-0.3, -0.25) is 9.59 Å². The summed E-state index contributed by atoms with van der Waals surface area (Å²) in [6, 6.07) is 7.79. The van der Waals surface area contributed by atoms with E-state index in [2.05, 4.69) is 23.3 Å². The number of amides is 2. The molecule has 1 aromatic heterocycles. The lowest BCUT2D eigenvalue weighted by atomic mass is 10.1. The fourth-order valence-electron chi connectivity index (χ4n) is 4.28. The quantitative estimate of drug-likeness (QED) is 0.385. The van der Waals surface area contributed by atoms with Crippen molar-refractivity contribution in [3.8, 4) is 11.5 Å². The van der Waals surface area contributed by atoms with Crippen LogP contribution in [-0.2, 0) is 22.4 Å². The number of carbonyl (C=O) groups is 2. The minimum Gasteiger partial charge on any atom is -0.497 e. The minimum absolute atomic E-state index is 0.0454. The molecule has 2 amide bonds. The Morgan fingerprint density at radius 3 is 2.54 bits per heavy atom. The molecule has 3 N–H and O–H groups in total. The zero-order chi connectivity index (χ0) is 25.4. The summed E-state index contributed by atoms with van der Waals surface area (Å²) in [7, 11) is 3.24. The minimum atomic E-state index is -1.81. The molecule has 2 heterocycles. The van der Waals surface area contributed by atoms with E-state index in [-0.39, 0.29) is 12.6 Å². The SMILES string of the molecule is C=CCC1CCCN1C(=O)C(O)C(O)C(=O)NCCc1cc(Cc2cc(OC)cc(OC)c2)cs1. The Morgan fingerprint density at radius 1 is 1.17 bits per heavy atom. The maximum Gasteiger partial charge on any atom is 0.254 e. The predicted molar refractivity (Wildman–Crippen MR) is 135 cm³/mol. The topological polar surface area (TPSA) is 108 Å². The molecule has 0 saturated carbocycles. The Labute approximate surface area is 210 Å². The molecule has 0 radical (unpaired) electrons. The number of ether oxygens (including phenoxy) is 2. The summed E-state index contributed by atoms with van der Waals surface area (Å²) >= 11 is 1.59. The summed E-state index contributed by atoms with van der Waals surface area (Å²) in [6.45, 7) is 4.49. The van der Waals surface area contributed by atoms with E-state index < -0.39 is 24.0 Å². The Morgan fingerprint density at radius 2 is 1.89 bits per heavy atom. The first-order valence-corrected chi connectivity index (χ1v) is 12.6. The molecule has 9 heteroatoms. The van der Waals surface area contributed by atoms with Crippen molar-refractivity contribution in [3.63, 3.8) is 0 Å². The van der Waals surface area contributed by atoms with Crippen molar-refractivity contribution >= 4 is 23.2 Å². The number of rotatable bonds is 12. The lowest BCUT2D eigenvalue weighted by Gasteiger charge is -2.27. The lowest BCUT2D eigenvalue weighted by Crippen LogP contribution is -2.52. The number of benzene rings is 1. The molecule has 1 saturated heterocycles. The van der Waals surface area contributed by atoms with Crippen LogP contribution in [-0.4, -0.2) is 72.5 Å². The molecular weight excluding hydrogens is 468 g/mol. The standard InChI is InChI=1S/C26H34N2O6S/c1-4-6-19-7-5-10-28(19)26(32)24(30)23(29)25(31)27-9-8-22-14-18(16-35-22)11-17-12-20(33-2)15-21(13-17)34-3/h4,12-16,19,23-24,29-30H,1,5-11H2,2-3H3,(H,27,31). The number of nitrogens with one attached hydrogen (secondary N) is 1. The van der Waals surface area contributed by atoms with E-state index in [0.29, 0.717) is 25.8 Å². The largest absolute Gasteiger partial charge is 0.497 e. The number of hydrogen-bond donors (Lipinski definition) is 3. The molecule has 1 fully saturated rings. The summed E-state index contributed by atoms with van der Waals surface area (Å²) in [6.07, 6.45) is 1.69. The number of aliphatic hydroxyl groups excluding tert-OH is 2. The number of thiophene rings is 1. The molecule has 8 nitrogen and oxygen atoms in total. The van der Waals surface area contributed by atoms with Crippen LogP contribution in [0.1, 0.15) is 35.3 Å². The normalized spacial score (nSPS) is 17.0. The van der Waals surface area contributed by atoms with E-state index in [1.165, 1.54) is 4.90 Å². The van der Waals surface area contributed by atoms with Crippen molar-refractivity contribution in [2.24, 2.45) is 0 Å². The van der Waals surface area contributed by atoms with Gasteiger partial charge in [0.05, 0.1) is 14.2 Å². The highest BCUT2D eigenvalue weighted by Gasteiger charge is 2.37. The number of methoxy groups -OCH3 is 2. The van der Waals surface area contributed by atoms with Gasteiger partial charge in [0, 0.05) is 30.1 Å². The smallest absolute Gasteiger partial charge is 0.254 e. The first-order chi connectivity index (χ1) is 16.9. The summed E-state index contributed by atoms with van der Waals surface area (Å²) in [5.74, 6) is 0.0926. The first-order valence-electron chi connectivity index (χ1n) is 11.7. The third kappa shape index (κ3) is 7.06. The van der Waals surface area contributed by atoms with Gasteiger partial charge in [0.15, 0.2) is 12.2 Å². The van der Waals surface area contributed by atoms with Gasteiger partial charge in [-0.2, -0.15) is 0 Å². The molecule has 1 aliphatic heterocycles. The molecule has 1 aromatic carbocycles. The van der Waals surface area contributed by atoms with Crippen LogP contribution in [0.2, 0.25) is 0 Å². The van der Waals surface area contributed by atoms with Crippen LogP contribution in [0.4, 0.5) is 0 Å². The van der Waals surface area contributed by atoms with Gasteiger partial charge in [-0.15, -0.1) is 17.9 Å². The average molecular weight is 503 g/mol. The highest BCUT2D eigenvalue weighted by molar-refractivity contribution is 7.10. The van der Waals surface area contributed by atoms with Gasteiger partial charge >= 0.3 is 0 Å². The average Bonchev–Trinajstić information content (AvgIpc) is 3.51. The maximum absolute atomic E-state index is 12.6. The lowest BCUT2D eigenvalue weighted by molar-refractivity contribution is -0.153. The molecule has 35 heavy (non-hydrogen) atoms. The second-order valence-corrected chi connectivity index (χ2v) is 9.60. The highest BCUT2D eigenvalue weighted by atomic mass is 32.1. The van der Waals surface area contributed by atoms with Gasteiger partial charge < -0.3 is 29.9 Å². The summed E-state index contributed by atoms with van der Waals surface area (Å²) in [5.41, 5.74) is 2.20. The summed E-state index contributed by atoms with van der Waals surface area (Å²) in [5, 5.41) is 25.2. The fraction of sp³-hybridized carbons (Fsp3) is 0.462. The van der Waals surface area contributed by atoms with Crippen molar-refractivity contribution in [3.05, 3.63) is 58.3 Å². The summed E-state index contributed by atoms with van der Waals surface area (Å²) < 4.78 is 10.7. The molecule has 0 bridgehead atoms. The molecule has 3 unspecified atom stereocenters. The van der Waals surface area contributed by atoms with Gasteiger partial charge in [0.2, 0.25) is 0 Å². The van der Waals surface area contributed by atoms with E-state index in [4.69, 9.17) is 9.47 Å². The van der Waals surface area contributed by atoms with Crippen LogP contribution in [0, 0.1) is 0 Å². The van der Waals surface area contributed by atoms with Gasteiger partial charge in [0.1, 0.15) is 11.5 Å². The Bertz CT molecular complexity index is 1000. The zero-order valence-electron chi connectivity index (χ0n) is 20.2. The van der Waals surface area contributed by atoms with E-state index in [1.54, 1.807) is 31.6 Å². The Hall–Kier alpha value is -2.88. The van der Waals surface area contributed by atoms with E-state index in [1.807, 2.05) is 18.2 Å². The third-order valence-electron chi connectivity index (χ3n) is 6.12. The van der Waals surface area contributed by atoms with Crippen molar-refractivity contribution < 1.29 is 29.3 Å². The molecule has 1 aliphatic rings. The molecule has 3 rings (SSSR count). The maximum atomic E-state index is 12.6. The molecule has 190 valence electrons. The van der Waals surface area contributed by atoms with Gasteiger partial charge in [-0.1, -0.05) is 6.08 Å². The van der Waals surface area contributed by atoms with Gasteiger partial charge in [0.25, 0.3) is 11.8 Å². The van der Waals surface area contributed by atoms with Crippen LogP contribution in [0.3, 0.4) is 0 Å². The van der Waals surface area contributed by atoms with Crippen LogP contribution < -0.4 is 14.8 Å². The summed E-state index contributed by atoms with van der Waals surface area (Å²) in [4.78, 5) is 27.5. The number of nitrogens with zero attached hydrogens (tertiary/aromatic N) is 1. The van der Waals surface area contributed by atoms with Crippen molar-refractivity contribution in [2.75, 3.05) is 27.3 Å². The molecular formula is C26H34N2O6S. The van der Waals surface area contributed by atoms with Gasteiger partial charge in [-0.05, 0) is 66.8 Å². The van der Waals surface area contributed by atoms with Crippen LogP contribution in [0.25, 0.3) is 0 Å². The second-order valence-electron chi connectivity index (χ2n) is 8.60. The van der Waals surface area contributed by atoms with Crippen molar-refractivity contribution in [1.29, 1.82) is 0 Å². The molecule has 2 aromatic rings. The van der Waals surface area contributed by atoms with Crippen molar-refractivity contribution in [1.82, 2.24) is 10.2 Å².